The summed E-state index contributed by atoms with van der Waals surface area (Å²) in [6.45, 7) is 3.92. The van der Waals surface area contributed by atoms with Crippen LogP contribution in [-0.2, 0) is 26.2 Å². The molecule has 168 valence electrons. The number of rotatable bonds is 10. The molecule has 0 aliphatic rings. The number of amides is 2. The van der Waals surface area contributed by atoms with Gasteiger partial charge in [-0.3, -0.25) is 13.9 Å². The average Bonchev–Trinajstić information content (AvgIpc) is 2.74. The van der Waals surface area contributed by atoms with Crippen LogP contribution in [0.4, 0.5) is 5.69 Å². The van der Waals surface area contributed by atoms with Crippen molar-refractivity contribution in [2.75, 3.05) is 23.7 Å². The number of nitrogens with one attached hydrogen (secondary N) is 1. The molecule has 31 heavy (non-hydrogen) atoms. The van der Waals surface area contributed by atoms with Crippen LogP contribution < -0.4 is 9.62 Å². The van der Waals surface area contributed by atoms with E-state index in [9.17, 15) is 18.0 Å². The fraction of sp³-hybridized carbons (Fsp3) is 0.364. The molecular weight excluding hydrogens is 529 g/mol. The number of carbonyl (C=O) groups excluding carboxylic acids is 2. The Morgan fingerprint density at radius 2 is 1.68 bits per heavy atom. The van der Waals surface area contributed by atoms with Gasteiger partial charge in [0.1, 0.15) is 12.6 Å². The lowest BCUT2D eigenvalue weighted by Crippen LogP contribution is -2.51. The maximum atomic E-state index is 13.3. The van der Waals surface area contributed by atoms with E-state index in [1.807, 2.05) is 37.3 Å². The standard InChI is InChI=1S/C22H28IN3O4S/c1-4-14-24-22(28)17(2)25(15-18-8-6-5-7-9-18)21(27)16-26(31(3,29)30)20-12-10-19(23)11-13-20/h5-13,17H,4,14-16H2,1-3H3,(H,24,28)/t17-/m1/s1. The third-order valence-electron chi connectivity index (χ3n) is 4.71. The second kappa shape index (κ2) is 11.5. The van der Waals surface area contributed by atoms with E-state index in [4.69, 9.17) is 0 Å². The van der Waals surface area contributed by atoms with Crippen LogP contribution in [0.2, 0.25) is 0 Å². The smallest absolute Gasteiger partial charge is 0.244 e. The molecule has 2 aromatic carbocycles. The molecule has 0 fully saturated rings. The topological polar surface area (TPSA) is 86.8 Å². The zero-order valence-electron chi connectivity index (χ0n) is 17.9. The molecule has 1 N–H and O–H groups in total. The Labute approximate surface area is 198 Å². The predicted molar refractivity (Wildman–Crippen MR) is 131 cm³/mol. The Morgan fingerprint density at radius 3 is 2.23 bits per heavy atom. The molecule has 2 amide bonds. The van der Waals surface area contributed by atoms with Crippen molar-refractivity contribution in [3.05, 3.63) is 63.7 Å². The monoisotopic (exact) mass is 557 g/mol. The molecule has 0 heterocycles. The first kappa shape index (κ1) is 25.1. The van der Waals surface area contributed by atoms with E-state index in [-0.39, 0.29) is 12.5 Å². The molecule has 0 bridgehead atoms. The maximum absolute atomic E-state index is 13.3. The molecule has 2 aromatic rings. The highest BCUT2D eigenvalue weighted by Gasteiger charge is 2.29. The van der Waals surface area contributed by atoms with Crippen molar-refractivity contribution in [3.63, 3.8) is 0 Å². The average molecular weight is 557 g/mol. The van der Waals surface area contributed by atoms with Gasteiger partial charge in [-0.15, -0.1) is 0 Å². The fourth-order valence-electron chi connectivity index (χ4n) is 2.98. The number of hydrogen-bond acceptors (Lipinski definition) is 4. The number of halogens is 1. The van der Waals surface area contributed by atoms with Crippen molar-refractivity contribution < 1.29 is 18.0 Å². The Morgan fingerprint density at radius 1 is 1.06 bits per heavy atom. The van der Waals surface area contributed by atoms with E-state index < -0.39 is 28.5 Å². The van der Waals surface area contributed by atoms with Crippen molar-refractivity contribution in [1.29, 1.82) is 0 Å². The Balaban J connectivity index is 2.32. The number of nitrogens with zero attached hydrogens (tertiary/aromatic N) is 2. The molecule has 0 unspecified atom stereocenters. The second-order valence-electron chi connectivity index (χ2n) is 7.22. The molecule has 2 rings (SSSR count). The number of carbonyl (C=O) groups is 2. The van der Waals surface area contributed by atoms with Crippen LogP contribution in [-0.4, -0.2) is 50.5 Å². The van der Waals surface area contributed by atoms with Gasteiger partial charge in [0.05, 0.1) is 11.9 Å². The summed E-state index contributed by atoms with van der Waals surface area (Å²) in [6, 6.07) is 15.4. The second-order valence-corrected chi connectivity index (χ2v) is 10.4. The van der Waals surface area contributed by atoms with Crippen LogP contribution in [0.1, 0.15) is 25.8 Å². The molecule has 1 atom stereocenters. The van der Waals surface area contributed by atoms with Gasteiger partial charge < -0.3 is 10.2 Å². The number of hydrogen-bond donors (Lipinski definition) is 1. The number of anilines is 1. The van der Waals surface area contributed by atoms with E-state index in [1.54, 1.807) is 31.2 Å². The summed E-state index contributed by atoms with van der Waals surface area (Å²) in [7, 11) is -3.71. The molecule has 0 spiro atoms. The molecule has 9 heteroatoms. The highest BCUT2D eigenvalue weighted by atomic mass is 127. The normalized spacial score (nSPS) is 12.1. The summed E-state index contributed by atoms with van der Waals surface area (Å²) in [4.78, 5) is 27.3. The summed E-state index contributed by atoms with van der Waals surface area (Å²) >= 11 is 2.13. The molecule has 0 saturated heterocycles. The van der Waals surface area contributed by atoms with Gasteiger partial charge in [0.2, 0.25) is 21.8 Å². The van der Waals surface area contributed by atoms with Crippen molar-refractivity contribution >= 4 is 50.1 Å². The van der Waals surface area contributed by atoms with Gasteiger partial charge >= 0.3 is 0 Å². The van der Waals surface area contributed by atoms with Crippen LogP contribution in [0.5, 0.6) is 0 Å². The Bertz CT molecular complexity index is 982. The van der Waals surface area contributed by atoms with E-state index in [1.165, 1.54) is 4.90 Å². The number of benzene rings is 2. The molecule has 0 saturated carbocycles. The van der Waals surface area contributed by atoms with Crippen molar-refractivity contribution in [2.45, 2.75) is 32.9 Å². The van der Waals surface area contributed by atoms with Crippen LogP contribution in [0.15, 0.2) is 54.6 Å². The van der Waals surface area contributed by atoms with E-state index >= 15 is 0 Å². The van der Waals surface area contributed by atoms with E-state index in [2.05, 4.69) is 27.9 Å². The molecular formula is C22H28IN3O4S. The summed E-state index contributed by atoms with van der Waals surface area (Å²) < 4.78 is 26.9. The SMILES string of the molecule is CCCNC(=O)[C@@H](C)N(Cc1ccccc1)C(=O)CN(c1ccc(I)cc1)S(C)(=O)=O. The fourth-order valence-corrected chi connectivity index (χ4v) is 4.19. The van der Waals surface area contributed by atoms with Gasteiger partial charge in [-0.1, -0.05) is 37.3 Å². The van der Waals surface area contributed by atoms with Crippen LogP contribution >= 0.6 is 22.6 Å². The summed E-state index contributed by atoms with van der Waals surface area (Å²) in [5, 5.41) is 2.81. The van der Waals surface area contributed by atoms with Gasteiger partial charge in [-0.2, -0.15) is 0 Å². The maximum Gasteiger partial charge on any atom is 0.244 e. The van der Waals surface area contributed by atoms with Crippen LogP contribution in [0.25, 0.3) is 0 Å². The molecule has 0 aromatic heterocycles. The highest BCUT2D eigenvalue weighted by molar-refractivity contribution is 14.1. The van der Waals surface area contributed by atoms with Gasteiger partial charge in [0.25, 0.3) is 0 Å². The lowest BCUT2D eigenvalue weighted by Gasteiger charge is -2.31. The lowest BCUT2D eigenvalue weighted by molar-refractivity contribution is -0.139. The quantitative estimate of drug-likeness (QED) is 0.456. The zero-order valence-corrected chi connectivity index (χ0v) is 20.9. The Kier molecular flexibility index (Phi) is 9.30. The van der Waals surface area contributed by atoms with Crippen molar-refractivity contribution in [2.24, 2.45) is 0 Å². The minimum Gasteiger partial charge on any atom is -0.354 e. The predicted octanol–water partition coefficient (Wildman–Crippen LogP) is 3.00. The molecule has 0 radical (unpaired) electrons. The van der Waals surface area contributed by atoms with Gasteiger partial charge in [-0.25, -0.2) is 8.42 Å². The Hall–Kier alpha value is -2.14. The molecule has 7 nitrogen and oxygen atoms in total. The first-order valence-electron chi connectivity index (χ1n) is 9.98. The third kappa shape index (κ3) is 7.49. The largest absolute Gasteiger partial charge is 0.354 e. The molecule has 0 aliphatic heterocycles. The van der Waals surface area contributed by atoms with Gasteiger partial charge in [-0.05, 0) is 65.8 Å². The third-order valence-corrected chi connectivity index (χ3v) is 6.57. The van der Waals surface area contributed by atoms with Crippen molar-refractivity contribution in [1.82, 2.24) is 10.2 Å². The van der Waals surface area contributed by atoms with E-state index in [0.717, 1.165) is 26.1 Å². The highest BCUT2D eigenvalue weighted by Crippen LogP contribution is 2.20. The van der Waals surface area contributed by atoms with Gasteiger partial charge in [0, 0.05) is 16.7 Å². The first-order valence-corrected chi connectivity index (χ1v) is 12.9. The lowest BCUT2D eigenvalue weighted by atomic mass is 10.1. The van der Waals surface area contributed by atoms with Crippen molar-refractivity contribution in [3.8, 4) is 0 Å². The zero-order chi connectivity index (χ0) is 23.0. The van der Waals surface area contributed by atoms with Gasteiger partial charge in [0.15, 0.2) is 0 Å². The number of sulfonamides is 1. The molecule has 0 aliphatic carbocycles. The van der Waals surface area contributed by atoms with Crippen LogP contribution in [0, 0.1) is 3.57 Å². The minimum absolute atomic E-state index is 0.199. The minimum atomic E-state index is -3.71. The van der Waals surface area contributed by atoms with Crippen LogP contribution in [0.3, 0.4) is 0 Å². The summed E-state index contributed by atoms with van der Waals surface area (Å²) in [5.41, 5.74) is 1.25. The first-order chi connectivity index (χ1) is 14.6. The summed E-state index contributed by atoms with van der Waals surface area (Å²) in [5.74, 6) is -0.724. The van der Waals surface area contributed by atoms with E-state index in [0.29, 0.717) is 12.2 Å². The summed E-state index contributed by atoms with van der Waals surface area (Å²) in [6.07, 6.45) is 1.84.